The van der Waals surface area contributed by atoms with Crippen LogP contribution in [0.5, 0.6) is 0 Å². The molecule has 1 aromatic heterocycles. The SMILES string of the molecule is CC(C)CCN(CCC(C)C)c1ccc2cc(/C=C/c3cc[n+](CCCS(=O)(=O)O)c4ccccc34)ccc2c1. The Labute approximate surface area is 239 Å². The van der Waals surface area contributed by atoms with Gasteiger partial charge in [0.25, 0.3) is 10.1 Å². The van der Waals surface area contributed by atoms with Gasteiger partial charge in [-0.25, -0.2) is 0 Å². The number of pyridine rings is 1. The molecule has 0 amide bonds. The molecule has 1 heterocycles. The zero-order chi connectivity index (χ0) is 28.7. The molecule has 0 spiro atoms. The van der Waals surface area contributed by atoms with E-state index in [0.717, 1.165) is 35.1 Å². The van der Waals surface area contributed by atoms with Crippen LogP contribution < -0.4 is 9.47 Å². The maximum absolute atomic E-state index is 11.1. The molecule has 0 aliphatic heterocycles. The summed E-state index contributed by atoms with van der Waals surface area (Å²) >= 11 is 0. The first-order valence-corrected chi connectivity index (χ1v) is 16.0. The summed E-state index contributed by atoms with van der Waals surface area (Å²) in [5.41, 5.74) is 4.58. The quantitative estimate of drug-likeness (QED) is 0.135. The molecule has 0 bridgehead atoms. The summed E-state index contributed by atoms with van der Waals surface area (Å²) in [4.78, 5) is 2.54. The van der Waals surface area contributed by atoms with Crippen molar-refractivity contribution in [2.45, 2.75) is 53.5 Å². The van der Waals surface area contributed by atoms with Gasteiger partial charge in [-0.2, -0.15) is 13.0 Å². The number of aryl methyl sites for hydroxylation is 1. The van der Waals surface area contributed by atoms with Crippen LogP contribution in [0.15, 0.2) is 72.9 Å². The molecule has 0 atom stereocenters. The van der Waals surface area contributed by atoms with Crippen LogP contribution >= 0.6 is 0 Å². The van der Waals surface area contributed by atoms with E-state index in [4.69, 9.17) is 4.55 Å². The van der Waals surface area contributed by atoms with Crippen molar-refractivity contribution in [1.82, 2.24) is 0 Å². The molecule has 0 fully saturated rings. The summed E-state index contributed by atoms with van der Waals surface area (Å²) in [5.74, 6) is 1.13. The molecule has 212 valence electrons. The Kier molecular flexibility index (Phi) is 9.99. The van der Waals surface area contributed by atoms with Crippen molar-refractivity contribution < 1.29 is 17.5 Å². The third kappa shape index (κ3) is 8.39. The molecular weight excluding hydrogens is 516 g/mol. The van der Waals surface area contributed by atoms with Crippen molar-refractivity contribution >= 4 is 49.6 Å². The van der Waals surface area contributed by atoms with Crippen LogP contribution in [0, 0.1) is 11.8 Å². The summed E-state index contributed by atoms with van der Waals surface area (Å²) in [6, 6.07) is 23.7. The predicted molar refractivity (Wildman–Crippen MR) is 169 cm³/mol. The van der Waals surface area contributed by atoms with E-state index in [1.807, 2.05) is 29.0 Å². The molecular formula is C34H43N2O3S+. The predicted octanol–water partition coefficient (Wildman–Crippen LogP) is 7.63. The molecule has 1 N–H and O–H groups in total. The standard InChI is InChI=1S/C34H42N2O3S/c1-26(2)16-20-35(21-17-27(3)4)32-15-14-30-24-28(11-13-31(30)25-32)10-12-29-18-22-36(19-7-23-40(37,38)39)34-9-6-5-8-33(29)34/h5-6,8-15,18,22,24-27H,7,16-17,19-21,23H2,1-4H3/p+1. The van der Waals surface area contributed by atoms with E-state index >= 15 is 0 Å². The molecule has 4 rings (SSSR count). The fraction of sp³-hybridized carbons (Fsp3) is 0.382. The maximum Gasteiger partial charge on any atom is 0.265 e. The Bertz CT molecular complexity index is 1560. The number of benzene rings is 3. The number of anilines is 1. The summed E-state index contributed by atoms with van der Waals surface area (Å²) in [7, 11) is -3.96. The number of hydrogen-bond acceptors (Lipinski definition) is 3. The van der Waals surface area contributed by atoms with E-state index in [9.17, 15) is 8.42 Å². The lowest BCUT2D eigenvalue weighted by atomic mass is 10.0. The second-order valence-corrected chi connectivity index (χ2v) is 13.2. The van der Waals surface area contributed by atoms with Gasteiger partial charge in [0.15, 0.2) is 6.20 Å². The molecule has 5 nitrogen and oxygen atoms in total. The van der Waals surface area contributed by atoms with Crippen LogP contribution in [0.3, 0.4) is 0 Å². The van der Waals surface area contributed by atoms with Crippen molar-refractivity contribution in [3.05, 3.63) is 84.1 Å². The summed E-state index contributed by atoms with van der Waals surface area (Å²) in [6.45, 7) is 11.9. The fourth-order valence-corrected chi connectivity index (χ4v) is 5.50. The van der Waals surface area contributed by atoms with Gasteiger partial charge in [-0.3, -0.25) is 4.55 Å². The molecule has 0 aliphatic rings. The van der Waals surface area contributed by atoms with Gasteiger partial charge < -0.3 is 4.90 Å². The number of hydrogen-bond donors (Lipinski definition) is 1. The molecule has 4 aromatic rings. The van der Waals surface area contributed by atoms with Gasteiger partial charge in [0.1, 0.15) is 6.54 Å². The van der Waals surface area contributed by atoms with E-state index in [2.05, 4.69) is 93.3 Å². The highest BCUT2D eigenvalue weighted by Gasteiger charge is 2.13. The van der Waals surface area contributed by atoms with E-state index in [0.29, 0.717) is 24.8 Å². The Morgan fingerprint density at radius 1 is 0.850 bits per heavy atom. The highest BCUT2D eigenvalue weighted by Crippen LogP contribution is 2.26. The van der Waals surface area contributed by atoms with E-state index in [1.54, 1.807) is 0 Å². The van der Waals surface area contributed by atoms with Crippen LogP contribution in [0.4, 0.5) is 5.69 Å². The number of rotatable bonds is 13. The first kappa shape index (κ1) is 29.8. The van der Waals surface area contributed by atoms with Gasteiger partial charge in [-0.1, -0.05) is 70.2 Å². The second kappa shape index (κ2) is 13.4. The number of para-hydroxylation sites is 1. The molecule has 0 radical (unpaired) electrons. The van der Waals surface area contributed by atoms with E-state index in [1.165, 1.54) is 29.3 Å². The van der Waals surface area contributed by atoms with Gasteiger partial charge in [-0.15, -0.1) is 0 Å². The third-order valence-corrected chi connectivity index (χ3v) is 8.19. The minimum Gasteiger partial charge on any atom is -0.371 e. The van der Waals surface area contributed by atoms with Crippen molar-refractivity contribution in [1.29, 1.82) is 0 Å². The Balaban J connectivity index is 1.54. The lowest BCUT2D eigenvalue weighted by Gasteiger charge is -2.27. The van der Waals surface area contributed by atoms with E-state index in [-0.39, 0.29) is 5.75 Å². The molecule has 3 aromatic carbocycles. The van der Waals surface area contributed by atoms with Gasteiger partial charge >= 0.3 is 0 Å². The van der Waals surface area contributed by atoms with Gasteiger partial charge in [0.2, 0.25) is 5.52 Å². The van der Waals surface area contributed by atoms with Crippen LogP contribution in [0.25, 0.3) is 33.8 Å². The second-order valence-electron chi connectivity index (χ2n) is 11.6. The van der Waals surface area contributed by atoms with Gasteiger partial charge in [0, 0.05) is 37.3 Å². The monoisotopic (exact) mass is 559 g/mol. The largest absolute Gasteiger partial charge is 0.371 e. The van der Waals surface area contributed by atoms with E-state index < -0.39 is 10.1 Å². The highest BCUT2D eigenvalue weighted by molar-refractivity contribution is 7.85. The molecule has 6 heteroatoms. The zero-order valence-electron chi connectivity index (χ0n) is 24.3. The Hall–Kier alpha value is -3.22. The molecule has 0 saturated carbocycles. The normalized spacial score (nSPS) is 12.4. The number of nitrogens with zero attached hydrogens (tertiary/aromatic N) is 2. The van der Waals surface area contributed by atoms with Crippen molar-refractivity contribution in [2.24, 2.45) is 11.8 Å². The molecule has 40 heavy (non-hydrogen) atoms. The fourth-order valence-electron chi connectivity index (χ4n) is 5.00. The average molecular weight is 560 g/mol. The maximum atomic E-state index is 11.1. The van der Waals surface area contributed by atoms with Crippen molar-refractivity contribution in [2.75, 3.05) is 23.7 Å². The van der Waals surface area contributed by atoms with Gasteiger partial charge in [0.05, 0.1) is 11.1 Å². The molecule has 0 saturated heterocycles. The van der Waals surface area contributed by atoms with Crippen molar-refractivity contribution in [3.63, 3.8) is 0 Å². The first-order valence-electron chi connectivity index (χ1n) is 14.4. The first-order chi connectivity index (χ1) is 19.1. The molecule has 0 aliphatic carbocycles. The van der Waals surface area contributed by atoms with Crippen LogP contribution in [0.2, 0.25) is 0 Å². The Morgan fingerprint density at radius 2 is 1.52 bits per heavy atom. The minimum atomic E-state index is -3.96. The third-order valence-electron chi connectivity index (χ3n) is 7.38. The summed E-state index contributed by atoms with van der Waals surface area (Å²) in [5, 5.41) is 3.58. The number of fused-ring (bicyclic) bond motifs is 2. The lowest BCUT2D eigenvalue weighted by molar-refractivity contribution is -0.671. The minimum absolute atomic E-state index is 0.243. The van der Waals surface area contributed by atoms with Crippen LogP contribution in [-0.4, -0.2) is 31.8 Å². The van der Waals surface area contributed by atoms with Crippen LogP contribution in [0.1, 0.15) is 58.1 Å². The van der Waals surface area contributed by atoms with Crippen LogP contribution in [-0.2, 0) is 16.7 Å². The van der Waals surface area contributed by atoms with Crippen molar-refractivity contribution in [3.8, 4) is 0 Å². The topological polar surface area (TPSA) is 61.5 Å². The summed E-state index contributed by atoms with van der Waals surface area (Å²) < 4.78 is 33.3. The smallest absolute Gasteiger partial charge is 0.265 e. The lowest BCUT2D eigenvalue weighted by Crippen LogP contribution is -2.35. The number of aromatic nitrogens is 1. The average Bonchev–Trinajstić information content (AvgIpc) is 2.91. The summed E-state index contributed by atoms with van der Waals surface area (Å²) in [6.07, 6.45) is 9.01. The molecule has 0 unspecified atom stereocenters. The highest BCUT2D eigenvalue weighted by atomic mass is 32.2. The zero-order valence-corrected chi connectivity index (χ0v) is 25.1. The van der Waals surface area contributed by atoms with Gasteiger partial charge in [-0.05, 0) is 70.8 Å². The Morgan fingerprint density at radius 3 is 2.23 bits per heavy atom.